The smallest absolute Gasteiger partial charge is 0.342 e. The minimum atomic E-state index is -3.95. The summed E-state index contributed by atoms with van der Waals surface area (Å²) in [5.74, 6) is -0.712. The molecule has 0 bridgehead atoms. The first kappa shape index (κ1) is 11.2. The second-order valence-corrected chi connectivity index (χ2v) is 4.50. The van der Waals surface area contributed by atoms with Crippen molar-refractivity contribution in [3.05, 3.63) is 16.3 Å². The Balaban J connectivity index is 3.25. The summed E-state index contributed by atoms with van der Waals surface area (Å²) < 4.78 is 30.7. The maximum Gasteiger partial charge on any atom is 0.342 e. The van der Waals surface area contributed by atoms with Gasteiger partial charge in [0.25, 0.3) is 10.0 Å². The van der Waals surface area contributed by atoms with Crippen molar-refractivity contribution in [3.63, 3.8) is 0 Å². The topological polar surface area (TPSA) is 99.6 Å². The van der Waals surface area contributed by atoms with Crippen LogP contribution in [0.2, 0.25) is 0 Å². The van der Waals surface area contributed by atoms with E-state index in [2.05, 4.69) is 20.7 Å². The Kier molecular flexibility index (Phi) is 2.98. The highest BCUT2D eigenvalue weighted by atomic mass is 79.9. The van der Waals surface area contributed by atoms with Crippen LogP contribution in [0.4, 0.5) is 0 Å². The van der Waals surface area contributed by atoms with Gasteiger partial charge in [0.2, 0.25) is 5.09 Å². The standard InChI is InChI=1S/C6H6BrNO5S/c1-12-6(9)3-2-4(13-5(3)7)14(8,10)11/h2H,1H3,(H2,8,10,11). The zero-order chi connectivity index (χ0) is 10.9. The Morgan fingerprint density at radius 2 is 2.21 bits per heavy atom. The third-order valence-corrected chi connectivity index (χ3v) is 2.70. The molecule has 0 aliphatic carbocycles. The summed E-state index contributed by atoms with van der Waals surface area (Å²) in [6.07, 6.45) is 0. The number of hydrogen-bond acceptors (Lipinski definition) is 5. The molecule has 0 atom stereocenters. The zero-order valence-electron chi connectivity index (χ0n) is 6.98. The molecule has 0 saturated carbocycles. The summed E-state index contributed by atoms with van der Waals surface area (Å²) in [4.78, 5) is 11.0. The molecule has 0 spiro atoms. The van der Waals surface area contributed by atoms with E-state index in [0.717, 1.165) is 6.07 Å². The monoisotopic (exact) mass is 283 g/mol. The number of halogens is 1. The minimum absolute atomic E-state index is 0.0310. The first-order valence-electron chi connectivity index (χ1n) is 3.26. The molecule has 0 radical (unpaired) electrons. The van der Waals surface area contributed by atoms with Gasteiger partial charge in [0, 0.05) is 6.07 Å². The van der Waals surface area contributed by atoms with Crippen molar-refractivity contribution in [2.24, 2.45) is 5.14 Å². The molecule has 1 aromatic heterocycles. The van der Waals surface area contributed by atoms with E-state index in [1.54, 1.807) is 0 Å². The lowest BCUT2D eigenvalue weighted by Gasteiger charge is -1.92. The van der Waals surface area contributed by atoms with Gasteiger partial charge in [-0.15, -0.1) is 0 Å². The highest BCUT2D eigenvalue weighted by molar-refractivity contribution is 9.10. The Hall–Kier alpha value is -0.860. The molecule has 8 heteroatoms. The fourth-order valence-corrected chi connectivity index (χ4v) is 1.78. The van der Waals surface area contributed by atoms with Crippen molar-refractivity contribution in [2.45, 2.75) is 5.09 Å². The molecule has 0 fully saturated rings. The summed E-state index contributed by atoms with van der Waals surface area (Å²) in [5, 5.41) is 4.29. The highest BCUT2D eigenvalue weighted by Gasteiger charge is 2.21. The molecule has 78 valence electrons. The van der Waals surface area contributed by atoms with E-state index in [-0.39, 0.29) is 10.2 Å². The van der Waals surface area contributed by atoms with Crippen molar-refractivity contribution in [3.8, 4) is 0 Å². The average molecular weight is 284 g/mol. The lowest BCUT2D eigenvalue weighted by atomic mass is 10.3. The van der Waals surface area contributed by atoms with Crippen LogP contribution in [0.25, 0.3) is 0 Å². The van der Waals surface area contributed by atoms with Crippen LogP contribution in [0, 0.1) is 0 Å². The average Bonchev–Trinajstić information content (AvgIpc) is 2.45. The number of primary sulfonamides is 1. The third kappa shape index (κ3) is 2.14. The van der Waals surface area contributed by atoms with Crippen LogP contribution in [-0.4, -0.2) is 21.5 Å². The summed E-state index contributed by atoms with van der Waals surface area (Å²) in [7, 11) is -2.79. The maximum absolute atomic E-state index is 11.0. The van der Waals surface area contributed by atoms with Crippen molar-refractivity contribution in [1.29, 1.82) is 0 Å². The Bertz CT molecular complexity index is 463. The van der Waals surface area contributed by atoms with Crippen LogP contribution >= 0.6 is 15.9 Å². The number of sulfonamides is 1. The molecule has 2 N–H and O–H groups in total. The first-order valence-corrected chi connectivity index (χ1v) is 5.60. The number of esters is 1. The quantitative estimate of drug-likeness (QED) is 0.796. The molecule has 0 unspecified atom stereocenters. The predicted molar refractivity (Wildman–Crippen MR) is 49.1 cm³/mol. The second kappa shape index (κ2) is 3.71. The van der Waals surface area contributed by atoms with Gasteiger partial charge < -0.3 is 9.15 Å². The van der Waals surface area contributed by atoms with E-state index in [4.69, 9.17) is 9.56 Å². The molecule has 6 nitrogen and oxygen atoms in total. The SMILES string of the molecule is COC(=O)c1cc(S(N)(=O)=O)oc1Br. The van der Waals surface area contributed by atoms with Crippen molar-refractivity contribution >= 4 is 31.9 Å². The van der Waals surface area contributed by atoms with E-state index in [1.165, 1.54) is 7.11 Å². The molecule has 1 heterocycles. The van der Waals surface area contributed by atoms with Crippen LogP contribution in [0.3, 0.4) is 0 Å². The number of carbonyl (C=O) groups excluding carboxylic acids is 1. The van der Waals surface area contributed by atoms with E-state index >= 15 is 0 Å². The maximum atomic E-state index is 11.0. The largest absolute Gasteiger partial charge is 0.465 e. The van der Waals surface area contributed by atoms with Crippen molar-refractivity contribution < 1.29 is 22.4 Å². The van der Waals surface area contributed by atoms with Gasteiger partial charge >= 0.3 is 5.97 Å². The van der Waals surface area contributed by atoms with Crippen LogP contribution in [-0.2, 0) is 14.8 Å². The number of furan rings is 1. The van der Waals surface area contributed by atoms with E-state index in [9.17, 15) is 13.2 Å². The van der Waals surface area contributed by atoms with Crippen LogP contribution in [0.5, 0.6) is 0 Å². The van der Waals surface area contributed by atoms with Crippen LogP contribution in [0.1, 0.15) is 10.4 Å². The van der Waals surface area contributed by atoms with Gasteiger partial charge in [0.1, 0.15) is 5.56 Å². The number of rotatable bonds is 2. The predicted octanol–water partition coefficient (Wildman–Crippen LogP) is 0.476. The summed E-state index contributed by atoms with van der Waals surface area (Å²) in [6.45, 7) is 0. The number of ether oxygens (including phenoxy) is 1. The lowest BCUT2D eigenvalue weighted by molar-refractivity contribution is 0.0598. The molecule has 0 amide bonds. The van der Waals surface area contributed by atoms with Gasteiger partial charge in [-0.05, 0) is 15.9 Å². The van der Waals surface area contributed by atoms with Crippen LogP contribution < -0.4 is 5.14 Å². The number of nitrogens with two attached hydrogens (primary N) is 1. The fraction of sp³-hybridized carbons (Fsp3) is 0.167. The van der Waals surface area contributed by atoms with E-state index < -0.39 is 21.1 Å². The normalized spacial score (nSPS) is 11.4. The first-order chi connectivity index (χ1) is 6.36. The molecule has 0 aromatic carbocycles. The molecule has 1 aromatic rings. The molecule has 0 aliphatic rings. The molecule has 1 rings (SSSR count). The van der Waals surface area contributed by atoms with Gasteiger partial charge in [-0.2, -0.15) is 0 Å². The number of hydrogen-bond donors (Lipinski definition) is 1. The van der Waals surface area contributed by atoms with E-state index in [1.807, 2.05) is 0 Å². The second-order valence-electron chi connectivity index (χ2n) is 2.29. The van der Waals surface area contributed by atoms with Gasteiger partial charge in [-0.25, -0.2) is 18.4 Å². The minimum Gasteiger partial charge on any atom is -0.465 e. The molecular weight excluding hydrogens is 278 g/mol. The van der Waals surface area contributed by atoms with E-state index in [0.29, 0.717) is 0 Å². The molecule has 0 saturated heterocycles. The fourth-order valence-electron chi connectivity index (χ4n) is 0.737. The van der Waals surface area contributed by atoms with Gasteiger partial charge in [-0.1, -0.05) is 0 Å². The number of methoxy groups -OCH3 is 1. The van der Waals surface area contributed by atoms with Gasteiger partial charge in [0.15, 0.2) is 4.67 Å². The van der Waals surface area contributed by atoms with Crippen molar-refractivity contribution in [2.75, 3.05) is 7.11 Å². The Morgan fingerprint density at radius 1 is 1.64 bits per heavy atom. The Morgan fingerprint density at radius 3 is 2.57 bits per heavy atom. The highest BCUT2D eigenvalue weighted by Crippen LogP contribution is 2.24. The lowest BCUT2D eigenvalue weighted by Crippen LogP contribution is -2.11. The van der Waals surface area contributed by atoms with Crippen molar-refractivity contribution in [1.82, 2.24) is 0 Å². The summed E-state index contributed by atoms with van der Waals surface area (Å²) in [6, 6.07) is 0.991. The zero-order valence-corrected chi connectivity index (χ0v) is 9.38. The van der Waals surface area contributed by atoms with Gasteiger partial charge in [-0.3, -0.25) is 0 Å². The number of carbonyl (C=O) groups is 1. The summed E-state index contributed by atoms with van der Waals surface area (Å²) >= 11 is 2.86. The van der Waals surface area contributed by atoms with Gasteiger partial charge in [0.05, 0.1) is 7.11 Å². The molecule has 0 aliphatic heterocycles. The third-order valence-electron chi connectivity index (χ3n) is 1.35. The van der Waals surface area contributed by atoms with Crippen LogP contribution in [0.15, 0.2) is 20.2 Å². The molecular formula is C6H6BrNO5S. The molecule has 14 heavy (non-hydrogen) atoms. The summed E-state index contributed by atoms with van der Waals surface area (Å²) in [5.41, 5.74) is -0.0310. The Labute approximate surface area is 88.2 Å².